The fourth-order valence-corrected chi connectivity index (χ4v) is 2.68. The summed E-state index contributed by atoms with van der Waals surface area (Å²) in [4.78, 5) is 15.4. The van der Waals surface area contributed by atoms with E-state index in [1.165, 1.54) is 0 Å². The Kier molecular flexibility index (Phi) is 3.59. The molecule has 0 bridgehead atoms. The molecule has 1 fully saturated rings. The number of anilines is 1. The summed E-state index contributed by atoms with van der Waals surface area (Å²) in [6, 6.07) is 7.50. The van der Waals surface area contributed by atoms with E-state index in [9.17, 15) is 4.79 Å². The molecule has 1 aliphatic rings. The zero-order valence-corrected chi connectivity index (χ0v) is 12.2. The zero-order chi connectivity index (χ0) is 14.9. The molecule has 1 aliphatic carbocycles. The quantitative estimate of drug-likeness (QED) is 0.713. The summed E-state index contributed by atoms with van der Waals surface area (Å²) < 4.78 is 5.13. The number of methoxy groups -OCH3 is 1. The molecule has 0 radical (unpaired) electrons. The summed E-state index contributed by atoms with van der Waals surface area (Å²) in [5, 5.41) is 3.98. The Balaban J connectivity index is 1.66. The number of carbonyl (C=O) groups is 1. The van der Waals surface area contributed by atoms with Gasteiger partial charge in [0.05, 0.1) is 11.2 Å². The van der Waals surface area contributed by atoms with Crippen molar-refractivity contribution in [2.75, 3.05) is 26.0 Å². The van der Waals surface area contributed by atoms with Crippen LogP contribution < -0.4 is 11.1 Å². The number of hydrogen-bond donors (Lipinski definition) is 3. The van der Waals surface area contributed by atoms with E-state index < -0.39 is 0 Å². The molecule has 5 heteroatoms. The molecule has 5 nitrogen and oxygen atoms in total. The van der Waals surface area contributed by atoms with Gasteiger partial charge in [0.15, 0.2) is 0 Å². The molecule has 0 atom stereocenters. The Labute approximate surface area is 123 Å². The van der Waals surface area contributed by atoms with Crippen molar-refractivity contribution in [2.24, 2.45) is 5.41 Å². The molecule has 0 unspecified atom stereocenters. The summed E-state index contributed by atoms with van der Waals surface area (Å²) >= 11 is 0. The predicted molar refractivity (Wildman–Crippen MR) is 83.2 cm³/mol. The highest BCUT2D eigenvalue weighted by Crippen LogP contribution is 2.48. The van der Waals surface area contributed by atoms with Gasteiger partial charge < -0.3 is 20.8 Å². The van der Waals surface area contributed by atoms with Crippen LogP contribution in [0, 0.1) is 5.41 Å². The Morgan fingerprint density at radius 1 is 1.48 bits per heavy atom. The van der Waals surface area contributed by atoms with Gasteiger partial charge in [0.25, 0.3) is 5.91 Å². The van der Waals surface area contributed by atoms with E-state index in [-0.39, 0.29) is 11.3 Å². The largest absolute Gasteiger partial charge is 0.397 e. The number of ether oxygens (including phenoxy) is 1. The Morgan fingerprint density at radius 3 is 2.95 bits per heavy atom. The lowest BCUT2D eigenvalue weighted by molar-refractivity contribution is 0.0934. The first-order valence-electron chi connectivity index (χ1n) is 7.28. The highest BCUT2D eigenvalue weighted by atomic mass is 16.5. The van der Waals surface area contributed by atoms with Crippen LogP contribution in [0.15, 0.2) is 24.3 Å². The minimum absolute atomic E-state index is 0.0747. The Hall–Kier alpha value is -2.01. The van der Waals surface area contributed by atoms with Gasteiger partial charge >= 0.3 is 0 Å². The molecule has 4 N–H and O–H groups in total. The van der Waals surface area contributed by atoms with Gasteiger partial charge in [-0.2, -0.15) is 0 Å². The molecule has 1 saturated carbocycles. The van der Waals surface area contributed by atoms with Gasteiger partial charge in [-0.1, -0.05) is 12.1 Å². The highest BCUT2D eigenvalue weighted by Gasteiger charge is 2.42. The van der Waals surface area contributed by atoms with Gasteiger partial charge in [0, 0.05) is 25.6 Å². The van der Waals surface area contributed by atoms with Gasteiger partial charge in [-0.25, -0.2) is 0 Å². The molecular weight excluding hydrogens is 266 g/mol. The van der Waals surface area contributed by atoms with Gasteiger partial charge in [-0.15, -0.1) is 0 Å². The SMILES string of the molecule is COCCC1(CNC(=O)c2cc3cccc(N)c3[nH]2)CC1. The summed E-state index contributed by atoms with van der Waals surface area (Å²) in [6.07, 6.45) is 3.33. The van der Waals surface area contributed by atoms with E-state index in [2.05, 4.69) is 10.3 Å². The summed E-state index contributed by atoms with van der Waals surface area (Å²) in [5.74, 6) is -0.0747. The molecule has 21 heavy (non-hydrogen) atoms. The number of para-hydroxylation sites is 1. The zero-order valence-electron chi connectivity index (χ0n) is 12.2. The smallest absolute Gasteiger partial charge is 0.267 e. The van der Waals surface area contributed by atoms with Crippen molar-refractivity contribution >= 4 is 22.5 Å². The molecule has 1 amide bonds. The van der Waals surface area contributed by atoms with E-state index >= 15 is 0 Å². The van der Waals surface area contributed by atoms with Crippen molar-refractivity contribution in [2.45, 2.75) is 19.3 Å². The molecule has 112 valence electrons. The maximum absolute atomic E-state index is 12.3. The first-order chi connectivity index (χ1) is 10.1. The molecule has 1 aromatic heterocycles. The lowest BCUT2D eigenvalue weighted by Crippen LogP contribution is -2.31. The third-order valence-corrected chi connectivity index (χ3v) is 4.35. The number of nitrogen functional groups attached to an aromatic ring is 1. The molecule has 1 aromatic carbocycles. The van der Waals surface area contributed by atoms with E-state index in [1.807, 2.05) is 24.3 Å². The second-order valence-corrected chi connectivity index (χ2v) is 5.92. The summed E-state index contributed by atoms with van der Waals surface area (Å²) in [7, 11) is 1.71. The van der Waals surface area contributed by atoms with E-state index in [1.54, 1.807) is 7.11 Å². The number of aromatic nitrogens is 1. The topological polar surface area (TPSA) is 80.1 Å². The number of nitrogens with two attached hydrogens (primary N) is 1. The van der Waals surface area contributed by atoms with Crippen LogP contribution in [0.2, 0.25) is 0 Å². The van der Waals surface area contributed by atoms with Crippen molar-refractivity contribution in [3.05, 3.63) is 30.0 Å². The normalized spacial score (nSPS) is 16.0. The molecule has 3 rings (SSSR count). The molecule has 0 saturated heterocycles. The number of aromatic amines is 1. The first kappa shape index (κ1) is 13.9. The maximum atomic E-state index is 12.3. The molecule has 0 spiro atoms. The number of benzene rings is 1. The minimum atomic E-state index is -0.0747. The van der Waals surface area contributed by atoms with Crippen LogP contribution in [-0.4, -0.2) is 31.2 Å². The third-order valence-electron chi connectivity index (χ3n) is 4.35. The van der Waals surface area contributed by atoms with Crippen molar-refractivity contribution in [3.8, 4) is 0 Å². The van der Waals surface area contributed by atoms with Crippen molar-refractivity contribution in [3.63, 3.8) is 0 Å². The number of H-pyrrole nitrogens is 1. The van der Waals surface area contributed by atoms with E-state index in [4.69, 9.17) is 10.5 Å². The number of rotatable bonds is 6. The molecular formula is C16H21N3O2. The fourth-order valence-electron chi connectivity index (χ4n) is 2.68. The average Bonchev–Trinajstić information content (AvgIpc) is 3.11. The third kappa shape index (κ3) is 2.88. The van der Waals surface area contributed by atoms with Gasteiger partial charge in [-0.3, -0.25) is 4.79 Å². The second-order valence-electron chi connectivity index (χ2n) is 5.92. The van der Waals surface area contributed by atoms with Crippen molar-refractivity contribution in [1.29, 1.82) is 0 Å². The number of amides is 1. The first-order valence-corrected chi connectivity index (χ1v) is 7.28. The predicted octanol–water partition coefficient (Wildman–Crippen LogP) is 2.30. The Bertz CT molecular complexity index is 659. The van der Waals surface area contributed by atoms with Crippen LogP contribution in [0.25, 0.3) is 10.9 Å². The lowest BCUT2D eigenvalue weighted by atomic mass is 10.0. The number of carbonyl (C=O) groups excluding carboxylic acids is 1. The van der Waals surface area contributed by atoms with Crippen LogP contribution in [-0.2, 0) is 4.74 Å². The molecule has 1 heterocycles. The van der Waals surface area contributed by atoms with E-state index in [0.717, 1.165) is 36.8 Å². The van der Waals surface area contributed by atoms with Gasteiger partial charge in [0.1, 0.15) is 5.69 Å². The van der Waals surface area contributed by atoms with Crippen LogP contribution >= 0.6 is 0 Å². The second kappa shape index (κ2) is 5.41. The monoisotopic (exact) mass is 287 g/mol. The molecule has 0 aliphatic heterocycles. The fraction of sp³-hybridized carbons (Fsp3) is 0.438. The van der Waals surface area contributed by atoms with Crippen molar-refractivity contribution < 1.29 is 9.53 Å². The minimum Gasteiger partial charge on any atom is -0.397 e. The van der Waals surface area contributed by atoms with E-state index in [0.29, 0.717) is 17.9 Å². The van der Waals surface area contributed by atoms with Crippen LogP contribution in [0.3, 0.4) is 0 Å². The van der Waals surface area contributed by atoms with Crippen LogP contribution in [0.5, 0.6) is 0 Å². The van der Waals surface area contributed by atoms with Crippen molar-refractivity contribution in [1.82, 2.24) is 10.3 Å². The Morgan fingerprint density at radius 2 is 2.29 bits per heavy atom. The number of fused-ring (bicyclic) bond motifs is 1. The lowest BCUT2D eigenvalue weighted by Gasteiger charge is -2.14. The van der Waals surface area contributed by atoms with Crippen LogP contribution in [0.4, 0.5) is 5.69 Å². The standard InChI is InChI=1S/C16H21N3O2/c1-21-8-7-16(5-6-16)10-18-15(20)13-9-11-3-2-4-12(17)14(11)19-13/h2-4,9,19H,5-8,10,17H2,1H3,(H,18,20). The maximum Gasteiger partial charge on any atom is 0.267 e. The highest BCUT2D eigenvalue weighted by molar-refractivity contribution is 6.00. The summed E-state index contributed by atoms with van der Waals surface area (Å²) in [6.45, 7) is 1.46. The van der Waals surface area contributed by atoms with Gasteiger partial charge in [-0.05, 0) is 36.8 Å². The number of hydrogen-bond acceptors (Lipinski definition) is 3. The van der Waals surface area contributed by atoms with Gasteiger partial charge in [0.2, 0.25) is 0 Å². The number of nitrogens with one attached hydrogen (secondary N) is 2. The van der Waals surface area contributed by atoms with Crippen LogP contribution in [0.1, 0.15) is 29.8 Å². The average molecular weight is 287 g/mol. The molecule has 2 aromatic rings. The summed E-state index contributed by atoms with van der Waals surface area (Å²) in [5.41, 5.74) is 8.19.